The van der Waals surface area contributed by atoms with E-state index in [0.717, 1.165) is 36.5 Å². The van der Waals surface area contributed by atoms with Crippen molar-refractivity contribution in [2.75, 3.05) is 26.2 Å². The molecule has 2 atom stereocenters. The van der Waals surface area contributed by atoms with Crippen molar-refractivity contribution in [2.24, 2.45) is 5.73 Å². The van der Waals surface area contributed by atoms with E-state index in [2.05, 4.69) is 29.7 Å². The van der Waals surface area contributed by atoms with Crippen LogP contribution in [0.3, 0.4) is 0 Å². The fourth-order valence-corrected chi connectivity index (χ4v) is 5.42. The second kappa shape index (κ2) is 18.3. The second-order valence-electron chi connectivity index (χ2n) is 11.5. The quantitative estimate of drug-likeness (QED) is 0.157. The number of rotatable bonds is 18. The van der Waals surface area contributed by atoms with E-state index < -0.39 is 29.7 Å². The zero-order valence-electron chi connectivity index (χ0n) is 26.8. The number of halogens is 2. The van der Waals surface area contributed by atoms with Crippen LogP contribution in [-0.2, 0) is 25.8 Å². The van der Waals surface area contributed by atoms with Gasteiger partial charge in [0.15, 0.2) is 0 Å². The summed E-state index contributed by atoms with van der Waals surface area (Å²) in [5.74, 6) is -2.12. The maximum absolute atomic E-state index is 14.1. The molecule has 0 spiro atoms. The highest BCUT2D eigenvalue weighted by Gasteiger charge is 2.24. The third kappa shape index (κ3) is 11.3. The highest BCUT2D eigenvalue weighted by Crippen LogP contribution is 2.17. The molecule has 3 aromatic carbocycles. The topological polar surface area (TPSA) is 108 Å². The third-order valence-electron chi connectivity index (χ3n) is 7.69. The van der Waals surface area contributed by atoms with Crippen molar-refractivity contribution in [3.63, 3.8) is 0 Å². The number of hydrogen-bond donors (Lipinski definition) is 4. The van der Waals surface area contributed by atoms with Gasteiger partial charge in [-0.3, -0.25) is 9.59 Å². The lowest BCUT2D eigenvalue weighted by Gasteiger charge is -2.26. The van der Waals surface area contributed by atoms with Gasteiger partial charge in [-0.25, -0.2) is 8.78 Å². The molecule has 0 saturated heterocycles. The first-order valence-corrected chi connectivity index (χ1v) is 16.0. The molecule has 244 valence electrons. The number of nitrogens with one attached hydrogen (secondary N) is 2. The number of nitrogens with two attached hydrogens (primary N) is 1. The minimum Gasteiger partial charge on any atom is -0.390 e. The number of aryl methyl sites for hydroxylation is 2. The number of carbonyl (C=O) groups is 2. The van der Waals surface area contributed by atoms with Crippen molar-refractivity contribution < 1.29 is 23.5 Å². The van der Waals surface area contributed by atoms with Crippen LogP contribution in [0.15, 0.2) is 60.7 Å². The van der Waals surface area contributed by atoms with Gasteiger partial charge in [-0.15, -0.1) is 0 Å². The smallest absolute Gasteiger partial charge is 0.253 e. The van der Waals surface area contributed by atoms with Crippen LogP contribution in [-0.4, -0.2) is 60.1 Å². The SMILES string of the molecule is CCCN(CCC)C(=O)c1cc(CCCN)cc(C(=O)N[C@H](Cc2cc(F)cc(F)c2)[C@@H](O)CNCc2cccc(CC)c2)c1. The minimum absolute atomic E-state index is 0.00594. The zero-order chi connectivity index (χ0) is 32.8. The summed E-state index contributed by atoms with van der Waals surface area (Å²) in [6.07, 6.45) is 2.72. The number of aliphatic hydroxyl groups excluding tert-OH is 1. The summed E-state index contributed by atoms with van der Waals surface area (Å²) in [6, 6.07) is 15.5. The lowest BCUT2D eigenvalue weighted by molar-refractivity contribution is 0.0755. The van der Waals surface area contributed by atoms with Gasteiger partial charge in [0.1, 0.15) is 11.6 Å². The molecule has 0 aromatic heterocycles. The van der Waals surface area contributed by atoms with Crippen LogP contribution in [0.4, 0.5) is 8.78 Å². The number of carbonyl (C=O) groups excluding carboxylic acids is 2. The molecular formula is C36H48F2N4O3. The lowest BCUT2D eigenvalue weighted by Crippen LogP contribution is -2.48. The molecule has 5 N–H and O–H groups in total. The molecule has 0 radical (unpaired) electrons. The first-order chi connectivity index (χ1) is 21.7. The monoisotopic (exact) mass is 622 g/mol. The molecule has 0 aliphatic rings. The van der Waals surface area contributed by atoms with Gasteiger partial charge < -0.3 is 26.4 Å². The number of aliphatic hydroxyl groups is 1. The summed E-state index contributed by atoms with van der Waals surface area (Å²) in [6.45, 7) is 8.41. The van der Waals surface area contributed by atoms with E-state index in [9.17, 15) is 23.5 Å². The van der Waals surface area contributed by atoms with Crippen molar-refractivity contribution in [1.29, 1.82) is 0 Å². The first kappa shape index (κ1) is 35.8. The predicted molar refractivity (Wildman–Crippen MR) is 175 cm³/mol. The molecule has 3 aromatic rings. The van der Waals surface area contributed by atoms with E-state index >= 15 is 0 Å². The van der Waals surface area contributed by atoms with Gasteiger partial charge in [0, 0.05) is 43.4 Å². The molecule has 0 aliphatic carbocycles. The number of nitrogens with zero attached hydrogens (tertiary/aromatic N) is 1. The molecule has 0 bridgehead atoms. The molecule has 3 rings (SSSR count). The molecule has 9 heteroatoms. The Kier molecular flexibility index (Phi) is 14.6. The Morgan fingerprint density at radius 2 is 1.53 bits per heavy atom. The van der Waals surface area contributed by atoms with E-state index in [0.29, 0.717) is 50.1 Å². The van der Waals surface area contributed by atoms with Crippen molar-refractivity contribution in [3.05, 3.63) is 106 Å². The fourth-order valence-electron chi connectivity index (χ4n) is 5.42. The molecule has 0 unspecified atom stereocenters. The van der Waals surface area contributed by atoms with Crippen LogP contribution < -0.4 is 16.4 Å². The Hall–Kier alpha value is -3.66. The van der Waals surface area contributed by atoms with E-state index in [1.165, 1.54) is 17.7 Å². The number of amides is 2. The van der Waals surface area contributed by atoms with E-state index in [1.54, 1.807) is 17.0 Å². The lowest BCUT2D eigenvalue weighted by atomic mass is 9.98. The average Bonchev–Trinajstić information content (AvgIpc) is 3.02. The van der Waals surface area contributed by atoms with E-state index in [-0.39, 0.29) is 24.4 Å². The number of hydrogen-bond acceptors (Lipinski definition) is 5. The maximum atomic E-state index is 14.1. The van der Waals surface area contributed by atoms with Crippen LogP contribution >= 0.6 is 0 Å². The van der Waals surface area contributed by atoms with Gasteiger partial charge in [0.05, 0.1) is 12.1 Å². The largest absolute Gasteiger partial charge is 0.390 e. The first-order valence-electron chi connectivity index (χ1n) is 16.0. The second-order valence-corrected chi connectivity index (χ2v) is 11.5. The Morgan fingerprint density at radius 1 is 0.867 bits per heavy atom. The van der Waals surface area contributed by atoms with Crippen LogP contribution in [0.5, 0.6) is 0 Å². The summed E-state index contributed by atoms with van der Waals surface area (Å²) in [4.78, 5) is 29.0. The van der Waals surface area contributed by atoms with E-state index in [1.807, 2.05) is 32.0 Å². The Balaban J connectivity index is 1.87. The van der Waals surface area contributed by atoms with Gasteiger partial charge in [-0.05, 0) is 97.7 Å². The minimum atomic E-state index is -1.08. The van der Waals surface area contributed by atoms with Crippen molar-refractivity contribution in [1.82, 2.24) is 15.5 Å². The molecule has 45 heavy (non-hydrogen) atoms. The Bertz CT molecular complexity index is 1370. The fraction of sp³-hybridized carbons (Fsp3) is 0.444. The zero-order valence-corrected chi connectivity index (χ0v) is 26.8. The molecule has 0 aliphatic heterocycles. The van der Waals surface area contributed by atoms with Gasteiger partial charge >= 0.3 is 0 Å². The summed E-state index contributed by atoms with van der Waals surface area (Å²) in [5, 5.41) is 17.4. The van der Waals surface area contributed by atoms with E-state index in [4.69, 9.17) is 5.73 Å². The highest BCUT2D eigenvalue weighted by atomic mass is 19.1. The summed E-state index contributed by atoms with van der Waals surface area (Å²) in [5.41, 5.74) is 9.80. The van der Waals surface area contributed by atoms with Crippen molar-refractivity contribution in [2.45, 2.75) is 78.0 Å². The molecule has 0 fully saturated rings. The Labute approximate surface area is 266 Å². The van der Waals surface area contributed by atoms with Crippen LogP contribution in [0.25, 0.3) is 0 Å². The van der Waals surface area contributed by atoms with Crippen molar-refractivity contribution in [3.8, 4) is 0 Å². The summed E-state index contributed by atoms with van der Waals surface area (Å²) >= 11 is 0. The number of benzene rings is 3. The molecular weight excluding hydrogens is 574 g/mol. The van der Waals surface area contributed by atoms with Gasteiger partial charge in [0.2, 0.25) is 0 Å². The molecule has 0 saturated carbocycles. The highest BCUT2D eigenvalue weighted by molar-refractivity contribution is 6.00. The average molecular weight is 623 g/mol. The summed E-state index contributed by atoms with van der Waals surface area (Å²) < 4.78 is 28.1. The third-order valence-corrected chi connectivity index (χ3v) is 7.69. The van der Waals surface area contributed by atoms with Crippen molar-refractivity contribution >= 4 is 11.8 Å². The molecule has 7 nitrogen and oxygen atoms in total. The van der Waals surface area contributed by atoms with Crippen LogP contribution in [0.1, 0.15) is 83.0 Å². The Morgan fingerprint density at radius 3 is 2.18 bits per heavy atom. The van der Waals surface area contributed by atoms with Crippen LogP contribution in [0, 0.1) is 11.6 Å². The molecule has 0 heterocycles. The van der Waals surface area contributed by atoms with Gasteiger partial charge in [0.25, 0.3) is 11.8 Å². The standard InChI is InChI=1S/C36H48F2N4O3/c1-4-13-42(14-5-2)36(45)30-17-26(11-8-12-39)16-29(21-30)35(44)41-33(20-28-18-31(37)22-32(38)19-28)34(43)24-40-23-27-10-7-9-25(6-3)15-27/h7,9-10,15-19,21-22,33-34,40,43H,4-6,8,11-14,20,23-24,39H2,1-3H3,(H,41,44)/t33-,34+/m1/s1. The maximum Gasteiger partial charge on any atom is 0.253 e. The van der Waals surface area contributed by atoms with Gasteiger partial charge in [-0.1, -0.05) is 45.0 Å². The van der Waals surface area contributed by atoms with Crippen LogP contribution in [0.2, 0.25) is 0 Å². The molecule has 2 amide bonds. The normalized spacial score (nSPS) is 12.5. The van der Waals surface area contributed by atoms with Gasteiger partial charge in [-0.2, -0.15) is 0 Å². The summed E-state index contributed by atoms with van der Waals surface area (Å²) in [7, 11) is 0. The predicted octanol–water partition coefficient (Wildman–Crippen LogP) is 5.17.